The van der Waals surface area contributed by atoms with E-state index in [0.29, 0.717) is 6.92 Å². The van der Waals surface area contributed by atoms with Crippen LogP contribution in [0.4, 0.5) is 22.6 Å². The molecule has 31 heavy (non-hydrogen) atoms. The average molecular weight is 453 g/mol. The molecule has 5 nitrogen and oxygen atoms in total. The standard InChI is InChI=1S/C21H15F4NO4S/c1-9-3-5-11(17(23)16(9)22)13-8-31-19(15(13)20(29)30)26-18(28)12-6-4-10(7-14(12)27)21(2,24)25/h3-8,27H,1-2H3,(H,26,28)(H,29,30). The highest BCUT2D eigenvalue weighted by atomic mass is 32.1. The molecule has 0 aliphatic rings. The Balaban J connectivity index is 1.99. The molecule has 1 aromatic heterocycles. The second-order valence-electron chi connectivity index (χ2n) is 6.79. The maximum Gasteiger partial charge on any atom is 0.339 e. The number of rotatable bonds is 5. The van der Waals surface area contributed by atoms with Gasteiger partial charge in [-0.1, -0.05) is 18.2 Å². The number of anilines is 1. The average Bonchev–Trinajstić information content (AvgIpc) is 3.08. The zero-order valence-electron chi connectivity index (χ0n) is 16.1. The fourth-order valence-electron chi connectivity index (χ4n) is 2.88. The van der Waals surface area contributed by atoms with Gasteiger partial charge in [-0.25, -0.2) is 22.4 Å². The van der Waals surface area contributed by atoms with Crippen LogP contribution < -0.4 is 5.32 Å². The van der Waals surface area contributed by atoms with Crippen LogP contribution in [0.3, 0.4) is 0 Å². The monoisotopic (exact) mass is 453 g/mol. The van der Waals surface area contributed by atoms with Crippen LogP contribution in [0.15, 0.2) is 35.7 Å². The summed E-state index contributed by atoms with van der Waals surface area (Å²) in [5.41, 5.74) is -1.76. The second kappa shape index (κ2) is 8.03. The van der Waals surface area contributed by atoms with Gasteiger partial charge in [0.15, 0.2) is 11.6 Å². The van der Waals surface area contributed by atoms with Gasteiger partial charge in [0.05, 0.1) is 5.56 Å². The lowest BCUT2D eigenvalue weighted by Gasteiger charge is -2.13. The van der Waals surface area contributed by atoms with Gasteiger partial charge in [0, 0.05) is 29.0 Å². The van der Waals surface area contributed by atoms with E-state index in [-0.39, 0.29) is 27.3 Å². The topological polar surface area (TPSA) is 86.6 Å². The van der Waals surface area contributed by atoms with Crippen LogP contribution in [0, 0.1) is 18.6 Å². The molecular formula is C21H15F4NO4S. The van der Waals surface area contributed by atoms with E-state index in [0.717, 1.165) is 29.5 Å². The Morgan fingerprint density at radius 3 is 2.32 bits per heavy atom. The number of phenols is 1. The molecule has 3 N–H and O–H groups in total. The molecule has 1 heterocycles. The highest BCUT2D eigenvalue weighted by Gasteiger charge is 2.28. The summed E-state index contributed by atoms with van der Waals surface area (Å²) in [6, 6.07) is 5.18. The number of carbonyl (C=O) groups excluding carboxylic acids is 1. The van der Waals surface area contributed by atoms with Gasteiger partial charge >= 0.3 is 5.97 Å². The molecule has 0 radical (unpaired) electrons. The summed E-state index contributed by atoms with van der Waals surface area (Å²) in [5, 5.41) is 22.9. The van der Waals surface area contributed by atoms with Crippen molar-refractivity contribution < 1.29 is 37.4 Å². The number of carbonyl (C=O) groups is 2. The molecule has 0 bridgehead atoms. The van der Waals surface area contributed by atoms with Crippen molar-refractivity contribution in [1.29, 1.82) is 0 Å². The molecule has 0 aliphatic heterocycles. The Bertz CT molecular complexity index is 1200. The van der Waals surface area contributed by atoms with Crippen LogP contribution in [0.25, 0.3) is 11.1 Å². The lowest BCUT2D eigenvalue weighted by Crippen LogP contribution is -2.15. The summed E-state index contributed by atoms with van der Waals surface area (Å²) in [4.78, 5) is 24.3. The number of hydrogen-bond donors (Lipinski definition) is 3. The highest BCUT2D eigenvalue weighted by Crippen LogP contribution is 2.38. The third-order valence-corrected chi connectivity index (χ3v) is 5.44. The summed E-state index contributed by atoms with van der Waals surface area (Å²) >= 11 is 0.751. The number of carboxylic acid groups (broad SMARTS) is 1. The molecule has 0 fully saturated rings. The Morgan fingerprint density at radius 1 is 1.06 bits per heavy atom. The van der Waals surface area contributed by atoms with E-state index in [2.05, 4.69) is 5.32 Å². The first-order chi connectivity index (χ1) is 14.4. The number of alkyl halides is 2. The maximum atomic E-state index is 14.4. The zero-order chi connectivity index (χ0) is 23.1. The van der Waals surface area contributed by atoms with Crippen molar-refractivity contribution in [3.63, 3.8) is 0 Å². The van der Waals surface area contributed by atoms with E-state index in [4.69, 9.17) is 0 Å². The van der Waals surface area contributed by atoms with Crippen LogP contribution in [0.5, 0.6) is 5.75 Å². The minimum atomic E-state index is -3.24. The Hall–Kier alpha value is -3.40. The number of amides is 1. The van der Waals surface area contributed by atoms with Crippen LogP contribution in [0.2, 0.25) is 0 Å². The first kappa shape index (κ1) is 22.3. The molecule has 3 aromatic rings. The predicted molar refractivity (Wildman–Crippen MR) is 107 cm³/mol. The molecule has 0 aliphatic carbocycles. The van der Waals surface area contributed by atoms with Crippen LogP contribution in [-0.2, 0) is 5.92 Å². The fraction of sp³-hybridized carbons (Fsp3) is 0.143. The molecule has 0 saturated heterocycles. The van der Waals surface area contributed by atoms with Gasteiger partial charge in [-0.05, 0) is 24.6 Å². The number of hydrogen-bond acceptors (Lipinski definition) is 4. The molecule has 1 amide bonds. The van der Waals surface area contributed by atoms with E-state index in [1.54, 1.807) is 0 Å². The number of carboxylic acids is 1. The predicted octanol–water partition coefficient (Wildman–Crippen LogP) is 5.77. The number of nitrogens with one attached hydrogen (secondary N) is 1. The Labute approximate surface area is 177 Å². The molecule has 162 valence electrons. The van der Waals surface area contributed by atoms with Crippen LogP contribution >= 0.6 is 11.3 Å². The van der Waals surface area contributed by atoms with Gasteiger partial charge in [0.1, 0.15) is 16.3 Å². The van der Waals surface area contributed by atoms with Crippen molar-refractivity contribution in [1.82, 2.24) is 0 Å². The van der Waals surface area contributed by atoms with E-state index in [1.807, 2.05) is 0 Å². The van der Waals surface area contributed by atoms with Crippen molar-refractivity contribution in [2.75, 3.05) is 5.32 Å². The largest absolute Gasteiger partial charge is 0.507 e. The van der Waals surface area contributed by atoms with Crippen molar-refractivity contribution >= 4 is 28.2 Å². The van der Waals surface area contributed by atoms with Crippen molar-refractivity contribution in [2.24, 2.45) is 0 Å². The summed E-state index contributed by atoms with van der Waals surface area (Å²) in [7, 11) is 0. The van der Waals surface area contributed by atoms with Crippen molar-refractivity contribution in [2.45, 2.75) is 19.8 Å². The highest BCUT2D eigenvalue weighted by molar-refractivity contribution is 7.15. The van der Waals surface area contributed by atoms with E-state index >= 15 is 0 Å². The van der Waals surface area contributed by atoms with Gasteiger partial charge < -0.3 is 15.5 Å². The number of aromatic carboxylic acids is 1. The van der Waals surface area contributed by atoms with Crippen LogP contribution in [0.1, 0.15) is 38.8 Å². The lowest BCUT2D eigenvalue weighted by molar-refractivity contribution is 0.0172. The molecular weight excluding hydrogens is 438 g/mol. The Morgan fingerprint density at radius 2 is 1.74 bits per heavy atom. The SMILES string of the molecule is Cc1ccc(-c2csc(NC(=O)c3ccc(C(C)(F)F)cc3O)c2C(=O)O)c(F)c1F. The van der Waals surface area contributed by atoms with Gasteiger partial charge in [-0.2, -0.15) is 0 Å². The van der Waals surface area contributed by atoms with E-state index in [9.17, 15) is 37.4 Å². The molecule has 0 saturated carbocycles. The van der Waals surface area contributed by atoms with Gasteiger partial charge in [-0.3, -0.25) is 4.79 Å². The van der Waals surface area contributed by atoms with Crippen molar-refractivity contribution in [3.05, 3.63) is 69.6 Å². The lowest BCUT2D eigenvalue weighted by atomic mass is 10.0. The first-order valence-electron chi connectivity index (χ1n) is 8.74. The number of aryl methyl sites for hydroxylation is 1. The third-order valence-electron chi connectivity index (χ3n) is 4.55. The number of aromatic hydroxyl groups is 1. The fourth-order valence-corrected chi connectivity index (χ4v) is 3.83. The quantitative estimate of drug-likeness (QED) is 0.428. The Kier molecular flexibility index (Phi) is 5.77. The summed E-state index contributed by atoms with van der Waals surface area (Å²) < 4.78 is 55.1. The smallest absolute Gasteiger partial charge is 0.339 e. The van der Waals surface area contributed by atoms with Crippen molar-refractivity contribution in [3.8, 4) is 16.9 Å². The molecule has 10 heteroatoms. The van der Waals surface area contributed by atoms with Gasteiger partial charge in [0.25, 0.3) is 11.8 Å². The molecule has 0 unspecified atom stereocenters. The van der Waals surface area contributed by atoms with E-state index < -0.39 is 46.3 Å². The van der Waals surface area contributed by atoms with Crippen LogP contribution in [-0.4, -0.2) is 22.1 Å². The minimum absolute atomic E-state index is 0.0402. The van der Waals surface area contributed by atoms with Gasteiger partial charge in [-0.15, -0.1) is 11.3 Å². The molecule has 0 spiro atoms. The minimum Gasteiger partial charge on any atom is -0.507 e. The number of phenolic OH excluding ortho intramolecular Hbond substituents is 1. The second-order valence-corrected chi connectivity index (χ2v) is 7.67. The first-order valence-corrected chi connectivity index (χ1v) is 9.62. The summed E-state index contributed by atoms with van der Waals surface area (Å²) in [6.07, 6.45) is 0. The normalized spacial score (nSPS) is 11.4. The van der Waals surface area contributed by atoms with Gasteiger partial charge in [0.2, 0.25) is 0 Å². The summed E-state index contributed by atoms with van der Waals surface area (Å²) in [5.74, 6) is -8.78. The molecule has 2 aromatic carbocycles. The number of benzene rings is 2. The maximum absolute atomic E-state index is 14.4. The third kappa shape index (κ3) is 4.24. The molecule has 0 atom stereocenters. The number of thiophene rings is 1. The zero-order valence-corrected chi connectivity index (χ0v) is 16.9. The molecule has 3 rings (SSSR count). The number of halogens is 4. The summed E-state index contributed by atoms with van der Waals surface area (Å²) in [6.45, 7) is 1.98. The van der Waals surface area contributed by atoms with E-state index in [1.165, 1.54) is 24.4 Å².